The number of hydrogen-bond acceptors (Lipinski definition) is 4. The third-order valence-electron chi connectivity index (χ3n) is 2.95. The second kappa shape index (κ2) is 6.94. The maximum Gasteiger partial charge on any atom is 0.371 e. The number of nitrogens with zero attached hydrogens (tertiary/aromatic N) is 1. The minimum Gasteiger partial charge on any atom is -0.475 e. The van der Waals surface area contributed by atoms with Gasteiger partial charge in [0.2, 0.25) is 5.76 Å². The van der Waals surface area contributed by atoms with E-state index in [-0.39, 0.29) is 23.5 Å². The second-order valence-corrected chi connectivity index (χ2v) is 4.22. The molecule has 1 atom stereocenters. The van der Waals surface area contributed by atoms with Crippen molar-refractivity contribution < 1.29 is 23.8 Å². The van der Waals surface area contributed by atoms with Crippen LogP contribution in [0.15, 0.2) is 16.5 Å². The number of aromatic carboxylic acids is 1. The van der Waals surface area contributed by atoms with Crippen molar-refractivity contribution in [1.29, 1.82) is 0 Å². The first kappa shape index (κ1) is 15.2. The van der Waals surface area contributed by atoms with Gasteiger partial charge in [-0.3, -0.25) is 4.79 Å². The quantitative estimate of drug-likeness (QED) is 0.817. The predicted octanol–water partition coefficient (Wildman–Crippen LogP) is 1.86. The SMILES string of the molecule is CCC(C)N(CCOC)C(=O)c1ccc(C(=O)O)o1. The van der Waals surface area contributed by atoms with Gasteiger partial charge in [0, 0.05) is 19.7 Å². The van der Waals surface area contributed by atoms with Crippen LogP contribution in [0.3, 0.4) is 0 Å². The summed E-state index contributed by atoms with van der Waals surface area (Å²) in [4.78, 5) is 24.6. The average molecular weight is 269 g/mol. The minimum atomic E-state index is -1.19. The van der Waals surface area contributed by atoms with Crippen LogP contribution in [0, 0.1) is 0 Å². The van der Waals surface area contributed by atoms with Gasteiger partial charge in [-0.25, -0.2) is 4.79 Å². The lowest BCUT2D eigenvalue weighted by atomic mass is 10.2. The van der Waals surface area contributed by atoms with Crippen molar-refractivity contribution in [1.82, 2.24) is 4.90 Å². The molecule has 6 nitrogen and oxygen atoms in total. The first-order valence-corrected chi connectivity index (χ1v) is 6.14. The van der Waals surface area contributed by atoms with Crippen molar-refractivity contribution >= 4 is 11.9 Å². The van der Waals surface area contributed by atoms with E-state index in [9.17, 15) is 9.59 Å². The molecule has 106 valence electrons. The molecular weight excluding hydrogens is 250 g/mol. The number of carboxylic acids is 1. The highest BCUT2D eigenvalue weighted by molar-refractivity contribution is 5.93. The minimum absolute atomic E-state index is 0.0287. The lowest BCUT2D eigenvalue weighted by Gasteiger charge is -2.27. The summed E-state index contributed by atoms with van der Waals surface area (Å²) >= 11 is 0. The van der Waals surface area contributed by atoms with Crippen LogP contribution in [0.1, 0.15) is 41.4 Å². The van der Waals surface area contributed by atoms with E-state index < -0.39 is 5.97 Å². The van der Waals surface area contributed by atoms with Crippen molar-refractivity contribution in [2.75, 3.05) is 20.3 Å². The summed E-state index contributed by atoms with van der Waals surface area (Å²) in [5, 5.41) is 8.78. The Balaban J connectivity index is 2.87. The van der Waals surface area contributed by atoms with Gasteiger partial charge in [0.1, 0.15) is 0 Å². The van der Waals surface area contributed by atoms with Crippen LogP contribution >= 0.6 is 0 Å². The Morgan fingerprint density at radius 1 is 1.42 bits per heavy atom. The fraction of sp³-hybridized carbons (Fsp3) is 0.538. The number of furan rings is 1. The molecule has 0 aliphatic carbocycles. The molecular formula is C13H19NO5. The van der Waals surface area contributed by atoms with Crippen LogP contribution in [0.2, 0.25) is 0 Å². The molecule has 0 bridgehead atoms. The molecule has 0 fully saturated rings. The molecule has 1 rings (SSSR count). The van der Waals surface area contributed by atoms with Gasteiger partial charge in [-0.2, -0.15) is 0 Å². The van der Waals surface area contributed by atoms with E-state index in [4.69, 9.17) is 14.3 Å². The number of hydrogen-bond donors (Lipinski definition) is 1. The molecule has 0 spiro atoms. The molecule has 1 amide bonds. The van der Waals surface area contributed by atoms with Gasteiger partial charge in [0.15, 0.2) is 5.76 Å². The fourth-order valence-electron chi connectivity index (χ4n) is 1.64. The molecule has 0 aliphatic rings. The number of carboxylic acid groups (broad SMARTS) is 1. The van der Waals surface area contributed by atoms with E-state index in [1.54, 1.807) is 12.0 Å². The van der Waals surface area contributed by atoms with Crippen molar-refractivity contribution in [3.63, 3.8) is 0 Å². The number of carbonyl (C=O) groups excluding carboxylic acids is 1. The van der Waals surface area contributed by atoms with Crippen molar-refractivity contribution in [2.45, 2.75) is 26.3 Å². The molecule has 6 heteroatoms. The van der Waals surface area contributed by atoms with Gasteiger partial charge < -0.3 is 19.2 Å². The highest BCUT2D eigenvalue weighted by atomic mass is 16.5. The Morgan fingerprint density at radius 2 is 2.05 bits per heavy atom. The van der Waals surface area contributed by atoms with E-state index in [0.29, 0.717) is 13.2 Å². The third kappa shape index (κ3) is 3.82. The molecule has 1 unspecified atom stereocenters. The van der Waals surface area contributed by atoms with Gasteiger partial charge in [-0.05, 0) is 25.5 Å². The molecule has 1 aromatic rings. The first-order chi connectivity index (χ1) is 9.01. The van der Waals surface area contributed by atoms with Crippen LogP contribution in [0.4, 0.5) is 0 Å². The zero-order valence-corrected chi connectivity index (χ0v) is 11.4. The van der Waals surface area contributed by atoms with E-state index in [2.05, 4.69) is 0 Å². The molecule has 0 saturated carbocycles. The monoisotopic (exact) mass is 269 g/mol. The Hall–Kier alpha value is -1.82. The molecule has 1 N–H and O–H groups in total. The van der Waals surface area contributed by atoms with Crippen LogP contribution in [-0.4, -0.2) is 48.2 Å². The summed E-state index contributed by atoms with van der Waals surface area (Å²) in [6, 6.07) is 2.69. The summed E-state index contributed by atoms with van der Waals surface area (Å²) in [6.45, 7) is 4.76. The van der Waals surface area contributed by atoms with E-state index >= 15 is 0 Å². The number of carbonyl (C=O) groups is 2. The van der Waals surface area contributed by atoms with E-state index in [0.717, 1.165) is 6.42 Å². The molecule has 0 aliphatic heterocycles. The largest absolute Gasteiger partial charge is 0.475 e. The zero-order valence-electron chi connectivity index (χ0n) is 11.4. The lowest BCUT2D eigenvalue weighted by Crippen LogP contribution is -2.40. The number of ether oxygens (including phenoxy) is 1. The van der Waals surface area contributed by atoms with Crippen LogP contribution < -0.4 is 0 Å². The van der Waals surface area contributed by atoms with Gasteiger partial charge in [0.25, 0.3) is 5.91 Å². The molecule has 0 radical (unpaired) electrons. The molecule has 19 heavy (non-hydrogen) atoms. The Labute approximate surface area is 112 Å². The van der Waals surface area contributed by atoms with Crippen LogP contribution in [0.25, 0.3) is 0 Å². The predicted molar refractivity (Wildman–Crippen MR) is 68.3 cm³/mol. The topological polar surface area (TPSA) is 80.0 Å². The van der Waals surface area contributed by atoms with Gasteiger partial charge >= 0.3 is 5.97 Å². The van der Waals surface area contributed by atoms with Crippen LogP contribution in [-0.2, 0) is 4.74 Å². The normalized spacial score (nSPS) is 12.2. The standard InChI is InChI=1S/C13H19NO5/c1-4-9(2)14(7-8-18-3)12(15)10-5-6-11(19-10)13(16)17/h5-6,9H,4,7-8H2,1-3H3,(H,16,17). The Bertz CT molecular complexity index is 440. The highest BCUT2D eigenvalue weighted by Gasteiger charge is 2.23. The summed E-state index contributed by atoms with van der Waals surface area (Å²) in [7, 11) is 1.56. The third-order valence-corrected chi connectivity index (χ3v) is 2.95. The van der Waals surface area contributed by atoms with Crippen LogP contribution in [0.5, 0.6) is 0 Å². The zero-order chi connectivity index (χ0) is 14.4. The van der Waals surface area contributed by atoms with Gasteiger partial charge in [-0.1, -0.05) is 6.92 Å². The highest BCUT2D eigenvalue weighted by Crippen LogP contribution is 2.14. The maximum absolute atomic E-state index is 12.3. The Morgan fingerprint density at radius 3 is 2.53 bits per heavy atom. The van der Waals surface area contributed by atoms with Gasteiger partial charge in [0.05, 0.1) is 6.61 Å². The smallest absolute Gasteiger partial charge is 0.371 e. The summed E-state index contributed by atoms with van der Waals surface area (Å²) in [5.41, 5.74) is 0. The lowest BCUT2D eigenvalue weighted by molar-refractivity contribution is 0.0572. The van der Waals surface area contributed by atoms with Crippen molar-refractivity contribution in [3.8, 4) is 0 Å². The number of rotatable bonds is 7. The van der Waals surface area contributed by atoms with E-state index in [1.807, 2.05) is 13.8 Å². The summed E-state index contributed by atoms with van der Waals surface area (Å²) < 4.78 is 10.0. The number of amides is 1. The summed E-state index contributed by atoms with van der Waals surface area (Å²) in [5.74, 6) is -1.71. The second-order valence-electron chi connectivity index (χ2n) is 4.22. The molecule has 1 heterocycles. The van der Waals surface area contributed by atoms with Crippen molar-refractivity contribution in [2.24, 2.45) is 0 Å². The maximum atomic E-state index is 12.3. The van der Waals surface area contributed by atoms with Crippen molar-refractivity contribution in [3.05, 3.63) is 23.7 Å². The van der Waals surface area contributed by atoms with E-state index in [1.165, 1.54) is 12.1 Å². The summed E-state index contributed by atoms with van der Waals surface area (Å²) in [6.07, 6.45) is 0.794. The van der Waals surface area contributed by atoms with Gasteiger partial charge in [-0.15, -0.1) is 0 Å². The molecule has 0 saturated heterocycles. The number of methoxy groups -OCH3 is 1. The molecule has 1 aromatic heterocycles. The first-order valence-electron chi connectivity index (χ1n) is 6.14. The molecule has 0 aromatic carbocycles. The average Bonchev–Trinajstić information content (AvgIpc) is 2.88. The fourth-order valence-corrected chi connectivity index (χ4v) is 1.64. The Kier molecular flexibility index (Phi) is 5.57.